The van der Waals surface area contributed by atoms with Gasteiger partial charge in [0.25, 0.3) is 0 Å². The van der Waals surface area contributed by atoms with Crippen LogP contribution in [0.4, 0.5) is 0 Å². The van der Waals surface area contributed by atoms with Crippen LogP contribution in [-0.2, 0) is 4.74 Å². The smallest absolute Gasteiger partial charge is 0.338 e. The van der Waals surface area contributed by atoms with Gasteiger partial charge in [-0.25, -0.2) is 4.79 Å². The van der Waals surface area contributed by atoms with Crippen LogP contribution in [0.1, 0.15) is 30.6 Å². The number of benzene rings is 1. The number of thioether (sulfide) groups is 1. The van der Waals surface area contributed by atoms with Crippen LogP contribution >= 0.6 is 11.8 Å². The summed E-state index contributed by atoms with van der Waals surface area (Å²) >= 11 is 1.80. The summed E-state index contributed by atoms with van der Waals surface area (Å²) in [5.74, 6) is 0.864. The van der Waals surface area contributed by atoms with Gasteiger partial charge in [0.05, 0.1) is 12.2 Å². The largest absolute Gasteiger partial charge is 0.462 e. The average Bonchev–Trinajstić information content (AvgIpc) is 2.27. The first kappa shape index (κ1) is 12.1. The minimum Gasteiger partial charge on any atom is -0.462 e. The molecule has 0 N–H and O–H groups in total. The highest BCUT2D eigenvalue weighted by Gasteiger charge is 2.05. The monoisotopic (exact) mass is 224 g/mol. The van der Waals surface area contributed by atoms with E-state index in [4.69, 9.17) is 4.74 Å². The van der Waals surface area contributed by atoms with Crippen molar-refractivity contribution in [3.63, 3.8) is 0 Å². The summed E-state index contributed by atoms with van der Waals surface area (Å²) in [4.78, 5) is 12.5. The van der Waals surface area contributed by atoms with Crippen molar-refractivity contribution in [2.75, 3.05) is 12.4 Å². The summed E-state index contributed by atoms with van der Waals surface area (Å²) in [6, 6.07) is 7.56. The highest BCUT2D eigenvalue weighted by molar-refractivity contribution is 7.99. The standard InChI is InChI=1S/C12H16O2S/c1-3-9-15-11-7-5-10(6-8-11)12(13)14-4-2/h5-8H,3-4,9H2,1-2H3. The molecule has 0 unspecified atom stereocenters. The first-order valence-corrected chi connectivity index (χ1v) is 6.16. The molecular weight excluding hydrogens is 208 g/mol. The van der Waals surface area contributed by atoms with Gasteiger partial charge in [0.2, 0.25) is 0 Å². The van der Waals surface area contributed by atoms with E-state index in [1.165, 1.54) is 4.90 Å². The Morgan fingerprint density at radius 2 is 1.93 bits per heavy atom. The van der Waals surface area contributed by atoms with Crippen LogP contribution in [-0.4, -0.2) is 18.3 Å². The molecule has 0 bridgehead atoms. The minimum absolute atomic E-state index is 0.246. The van der Waals surface area contributed by atoms with E-state index in [-0.39, 0.29) is 5.97 Å². The Balaban J connectivity index is 2.59. The van der Waals surface area contributed by atoms with E-state index in [1.54, 1.807) is 11.8 Å². The number of esters is 1. The summed E-state index contributed by atoms with van der Waals surface area (Å²) in [7, 11) is 0. The Morgan fingerprint density at radius 3 is 2.47 bits per heavy atom. The lowest BCUT2D eigenvalue weighted by atomic mass is 10.2. The van der Waals surface area contributed by atoms with Crippen LogP contribution in [0.15, 0.2) is 29.2 Å². The third-order valence-electron chi connectivity index (χ3n) is 1.84. The molecule has 0 aromatic heterocycles. The number of carbonyl (C=O) groups is 1. The number of hydrogen-bond donors (Lipinski definition) is 0. The predicted molar refractivity (Wildman–Crippen MR) is 63.4 cm³/mol. The molecule has 0 heterocycles. The van der Waals surface area contributed by atoms with Gasteiger partial charge in [-0.3, -0.25) is 0 Å². The second kappa shape index (κ2) is 6.51. The number of ether oxygens (including phenoxy) is 1. The second-order valence-corrected chi connectivity index (χ2v) is 4.26. The van der Waals surface area contributed by atoms with Gasteiger partial charge in [-0.15, -0.1) is 11.8 Å². The van der Waals surface area contributed by atoms with Crippen molar-refractivity contribution in [1.82, 2.24) is 0 Å². The van der Waals surface area contributed by atoms with Gasteiger partial charge in [-0.05, 0) is 43.4 Å². The van der Waals surface area contributed by atoms with Crippen LogP contribution in [0, 0.1) is 0 Å². The zero-order valence-corrected chi connectivity index (χ0v) is 9.97. The summed E-state index contributed by atoms with van der Waals surface area (Å²) in [5, 5.41) is 0. The molecule has 0 saturated heterocycles. The lowest BCUT2D eigenvalue weighted by Crippen LogP contribution is -2.03. The lowest BCUT2D eigenvalue weighted by molar-refractivity contribution is 0.0526. The number of hydrogen-bond acceptors (Lipinski definition) is 3. The first-order valence-electron chi connectivity index (χ1n) is 5.18. The third-order valence-corrected chi connectivity index (χ3v) is 3.06. The minimum atomic E-state index is -0.246. The molecule has 0 saturated carbocycles. The van der Waals surface area contributed by atoms with Crippen molar-refractivity contribution in [1.29, 1.82) is 0 Å². The van der Waals surface area contributed by atoms with E-state index in [9.17, 15) is 4.79 Å². The van der Waals surface area contributed by atoms with Gasteiger partial charge < -0.3 is 4.74 Å². The van der Waals surface area contributed by atoms with Crippen molar-refractivity contribution in [2.24, 2.45) is 0 Å². The van der Waals surface area contributed by atoms with Gasteiger partial charge in [-0.1, -0.05) is 6.92 Å². The summed E-state index contributed by atoms with van der Waals surface area (Å²) < 4.78 is 4.90. The zero-order chi connectivity index (χ0) is 11.1. The van der Waals surface area contributed by atoms with Crippen LogP contribution < -0.4 is 0 Å². The fraction of sp³-hybridized carbons (Fsp3) is 0.417. The topological polar surface area (TPSA) is 26.3 Å². The molecule has 0 amide bonds. The quantitative estimate of drug-likeness (QED) is 0.566. The molecule has 0 aliphatic carbocycles. The Morgan fingerprint density at radius 1 is 1.27 bits per heavy atom. The Kier molecular flexibility index (Phi) is 5.26. The van der Waals surface area contributed by atoms with E-state index in [0.717, 1.165) is 12.2 Å². The second-order valence-electron chi connectivity index (χ2n) is 3.09. The maximum atomic E-state index is 11.3. The van der Waals surface area contributed by atoms with Gasteiger partial charge in [-0.2, -0.15) is 0 Å². The molecule has 82 valence electrons. The zero-order valence-electron chi connectivity index (χ0n) is 9.16. The fourth-order valence-electron chi connectivity index (χ4n) is 1.12. The molecule has 15 heavy (non-hydrogen) atoms. The van der Waals surface area contributed by atoms with E-state index < -0.39 is 0 Å². The number of carbonyl (C=O) groups excluding carboxylic acids is 1. The molecule has 0 aliphatic rings. The van der Waals surface area contributed by atoms with Crippen molar-refractivity contribution in [2.45, 2.75) is 25.2 Å². The molecule has 0 atom stereocenters. The Labute approximate surface area is 95.0 Å². The molecule has 2 nitrogen and oxygen atoms in total. The van der Waals surface area contributed by atoms with Crippen LogP contribution in [0.5, 0.6) is 0 Å². The van der Waals surface area contributed by atoms with Crippen LogP contribution in [0.25, 0.3) is 0 Å². The van der Waals surface area contributed by atoms with Crippen LogP contribution in [0.3, 0.4) is 0 Å². The normalized spacial score (nSPS) is 10.0. The molecule has 1 aromatic rings. The average molecular weight is 224 g/mol. The maximum absolute atomic E-state index is 11.3. The van der Waals surface area contributed by atoms with Gasteiger partial charge in [0.15, 0.2) is 0 Å². The SMILES string of the molecule is CCCSc1ccc(C(=O)OCC)cc1. The maximum Gasteiger partial charge on any atom is 0.338 e. The Hall–Kier alpha value is -0.960. The Bertz CT molecular complexity index is 306. The van der Waals surface area contributed by atoms with Crippen molar-refractivity contribution < 1.29 is 9.53 Å². The van der Waals surface area contributed by atoms with Crippen molar-refractivity contribution in [3.8, 4) is 0 Å². The predicted octanol–water partition coefficient (Wildman–Crippen LogP) is 3.37. The van der Waals surface area contributed by atoms with Gasteiger partial charge in [0, 0.05) is 4.90 Å². The molecule has 0 fully saturated rings. The summed E-state index contributed by atoms with van der Waals surface area (Å²) in [5.41, 5.74) is 0.623. The van der Waals surface area contributed by atoms with Gasteiger partial charge in [0.1, 0.15) is 0 Å². The highest BCUT2D eigenvalue weighted by Crippen LogP contribution is 2.19. The molecular formula is C12H16O2S. The highest BCUT2D eigenvalue weighted by atomic mass is 32.2. The van der Waals surface area contributed by atoms with Gasteiger partial charge >= 0.3 is 5.97 Å². The first-order chi connectivity index (χ1) is 7.27. The molecule has 0 aliphatic heterocycles. The summed E-state index contributed by atoms with van der Waals surface area (Å²) in [6.07, 6.45) is 1.16. The molecule has 1 rings (SSSR count). The van der Waals surface area contributed by atoms with E-state index >= 15 is 0 Å². The molecule has 0 spiro atoms. The summed E-state index contributed by atoms with van der Waals surface area (Å²) in [6.45, 7) is 4.38. The molecule has 1 aromatic carbocycles. The van der Waals surface area contributed by atoms with Crippen LogP contribution in [0.2, 0.25) is 0 Å². The molecule has 0 radical (unpaired) electrons. The van der Waals surface area contributed by atoms with Crippen molar-refractivity contribution >= 4 is 17.7 Å². The van der Waals surface area contributed by atoms with E-state index in [0.29, 0.717) is 12.2 Å². The number of rotatable bonds is 5. The third kappa shape index (κ3) is 3.96. The molecule has 3 heteroatoms. The van der Waals surface area contributed by atoms with E-state index in [2.05, 4.69) is 6.92 Å². The fourth-order valence-corrected chi connectivity index (χ4v) is 1.89. The van der Waals surface area contributed by atoms with Crippen molar-refractivity contribution in [3.05, 3.63) is 29.8 Å². The van der Waals surface area contributed by atoms with E-state index in [1.807, 2.05) is 31.2 Å². The lowest BCUT2D eigenvalue weighted by Gasteiger charge is -2.03.